The van der Waals surface area contributed by atoms with Crippen LogP contribution >= 0.6 is 27.5 Å². The molecule has 0 aromatic heterocycles. The van der Waals surface area contributed by atoms with E-state index in [-0.39, 0.29) is 28.1 Å². The maximum Gasteiger partial charge on any atom is 0.290 e. The third-order valence-electron chi connectivity index (χ3n) is 5.86. The van der Waals surface area contributed by atoms with Gasteiger partial charge in [0, 0.05) is 41.6 Å². The van der Waals surface area contributed by atoms with Crippen LogP contribution in [0.1, 0.15) is 27.9 Å². The van der Waals surface area contributed by atoms with Gasteiger partial charge in [-0.25, -0.2) is 8.42 Å². The minimum Gasteiger partial charge on any atom is -0.489 e. The van der Waals surface area contributed by atoms with E-state index >= 15 is 0 Å². The van der Waals surface area contributed by atoms with Gasteiger partial charge in [-0.3, -0.25) is 14.5 Å². The van der Waals surface area contributed by atoms with E-state index in [4.69, 9.17) is 26.2 Å². The Hall–Kier alpha value is -2.96. The lowest BCUT2D eigenvalue weighted by Crippen LogP contribution is -2.21. The number of amides is 1. The fourth-order valence-electron chi connectivity index (χ4n) is 4.02. The van der Waals surface area contributed by atoms with Crippen molar-refractivity contribution in [3.05, 3.63) is 86.8 Å². The molecular weight excluding hydrogens is 612 g/mol. The molecule has 3 aromatic carbocycles. The molecule has 0 bridgehead atoms. The van der Waals surface area contributed by atoms with E-state index in [1.54, 1.807) is 6.07 Å². The van der Waals surface area contributed by atoms with Crippen LogP contribution in [0.25, 0.3) is 0 Å². The molecule has 0 radical (unpaired) electrons. The van der Waals surface area contributed by atoms with Crippen LogP contribution in [0.3, 0.4) is 0 Å². The van der Waals surface area contributed by atoms with Gasteiger partial charge in [0.15, 0.2) is 9.84 Å². The second-order valence-corrected chi connectivity index (χ2v) is 12.2. The first-order valence-corrected chi connectivity index (χ1v) is 14.9. The SMILES string of the molecule is CS(=O)(=O)c1ccc(C(=O)Nc2cccc(COc3ccc(Br)cc3CN3CC[C@@H](O)C3)c2)c(Cl)c1.O=CO. The average molecular weight is 640 g/mol. The van der Waals surface area contributed by atoms with Crippen molar-refractivity contribution in [3.63, 3.8) is 0 Å². The Balaban J connectivity index is 0.00000134. The molecular formula is C27H28BrClN2O7S. The van der Waals surface area contributed by atoms with Crippen LogP contribution < -0.4 is 10.1 Å². The number of sulfone groups is 1. The molecule has 1 aliphatic heterocycles. The summed E-state index contributed by atoms with van der Waals surface area (Å²) in [5.74, 6) is 0.313. The molecule has 0 spiro atoms. The molecule has 1 fully saturated rings. The van der Waals surface area contributed by atoms with Gasteiger partial charge in [-0.15, -0.1) is 0 Å². The number of β-amino-alcohol motifs (C(OH)–C–C–N with tert-alkyl or cyclic N) is 1. The number of nitrogens with zero attached hydrogens (tertiary/aromatic N) is 1. The monoisotopic (exact) mass is 638 g/mol. The number of likely N-dealkylation sites (tertiary alicyclic amines) is 1. The number of carboxylic acid groups (broad SMARTS) is 1. The number of halogens is 2. The third-order valence-corrected chi connectivity index (χ3v) is 7.77. The summed E-state index contributed by atoms with van der Waals surface area (Å²) in [6.45, 7) is 2.22. The second-order valence-electron chi connectivity index (χ2n) is 8.89. The zero-order valence-electron chi connectivity index (χ0n) is 21.0. The molecule has 1 atom stereocenters. The Morgan fingerprint density at radius 3 is 2.59 bits per heavy atom. The molecule has 4 rings (SSSR count). The summed E-state index contributed by atoms with van der Waals surface area (Å²) >= 11 is 9.70. The lowest BCUT2D eigenvalue weighted by molar-refractivity contribution is -0.122. The highest BCUT2D eigenvalue weighted by Gasteiger charge is 2.21. The number of anilines is 1. The highest BCUT2D eigenvalue weighted by molar-refractivity contribution is 9.10. The van der Waals surface area contributed by atoms with E-state index in [1.807, 2.05) is 36.4 Å². The maximum absolute atomic E-state index is 12.7. The summed E-state index contributed by atoms with van der Waals surface area (Å²) in [6.07, 6.45) is 1.57. The summed E-state index contributed by atoms with van der Waals surface area (Å²) in [5, 5.41) is 19.6. The summed E-state index contributed by atoms with van der Waals surface area (Å²) in [6, 6.07) is 17.2. The van der Waals surface area contributed by atoms with Crippen LogP contribution in [0, 0.1) is 0 Å². The quantitative estimate of drug-likeness (QED) is 0.305. The first-order valence-electron chi connectivity index (χ1n) is 11.8. The molecule has 0 saturated carbocycles. The molecule has 1 saturated heterocycles. The summed E-state index contributed by atoms with van der Waals surface area (Å²) in [5.41, 5.74) is 2.62. The molecule has 1 aliphatic rings. The normalized spacial score (nSPS) is 15.2. The fraction of sp³-hybridized carbons (Fsp3) is 0.259. The number of carbonyl (C=O) groups is 2. The van der Waals surface area contributed by atoms with Gasteiger partial charge in [-0.2, -0.15) is 0 Å². The van der Waals surface area contributed by atoms with Gasteiger partial charge in [0.05, 0.1) is 21.6 Å². The molecule has 3 aromatic rings. The standard InChI is InChI=1S/C26H26BrClN2O5S.CH2O2/c1-36(33,34)22-6-7-23(24(28)13-22)26(32)29-20-4-2-3-17(11-20)16-35-25-8-5-19(27)12-18(25)14-30-10-9-21(31)15-30;2-1-3/h2-8,11-13,21,31H,9-10,14-16H2,1H3,(H,29,32);1H,(H,2,3)/t21-;/m1./s1. The van der Waals surface area contributed by atoms with Crippen molar-refractivity contribution in [2.75, 3.05) is 24.7 Å². The highest BCUT2D eigenvalue weighted by atomic mass is 79.9. The summed E-state index contributed by atoms with van der Waals surface area (Å²) < 4.78 is 30.5. The topological polar surface area (TPSA) is 133 Å². The van der Waals surface area contributed by atoms with Gasteiger partial charge in [0.1, 0.15) is 12.4 Å². The molecule has 1 heterocycles. The Labute approximate surface area is 240 Å². The van der Waals surface area contributed by atoms with Gasteiger partial charge >= 0.3 is 0 Å². The predicted molar refractivity (Wildman–Crippen MR) is 152 cm³/mol. The Bertz CT molecular complexity index is 1440. The molecule has 1 amide bonds. The van der Waals surface area contributed by atoms with Crippen LogP contribution in [0.15, 0.2) is 70.0 Å². The van der Waals surface area contributed by atoms with Gasteiger partial charge < -0.3 is 20.3 Å². The lowest BCUT2D eigenvalue weighted by Gasteiger charge is -2.18. The van der Waals surface area contributed by atoms with E-state index in [0.29, 0.717) is 25.4 Å². The molecule has 9 nitrogen and oxygen atoms in total. The highest BCUT2D eigenvalue weighted by Crippen LogP contribution is 2.27. The van der Waals surface area contributed by atoms with E-state index in [1.165, 1.54) is 18.2 Å². The van der Waals surface area contributed by atoms with Crippen molar-refractivity contribution in [2.45, 2.75) is 30.6 Å². The van der Waals surface area contributed by atoms with E-state index in [2.05, 4.69) is 26.1 Å². The van der Waals surface area contributed by atoms with Gasteiger partial charge in [-0.1, -0.05) is 39.7 Å². The van der Waals surface area contributed by atoms with E-state index in [9.17, 15) is 18.3 Å². The average Bonchev–Trinajstić information content (AvgIpc) is 3.28. The molecule has 208 valence electrons. The minimum absolute atomic E-state index is 0.0522. The van der Waals surface area contributed by atoms with Crippen molar-refractivity contribution in [3.8, 4) is 5.75 Å². The molecule has 3 N–H and O–H groups in total. The summed E-state index contributed by atoms with van der Waals surface area (Å²) in [4.78, 5) is 23.4. The van der Waals surface area contributed by atoms with Crippen molar-refractivity contribution >= 4 is 55.4 Å². The second kappa shape index (κ2) is 13.9. The van der Waals surface area contributed by atoms with E-state index < -0.39 is 15.7 Å². The maximum atomic E-state index is 12.7. The molecule has 0 aliphatic carbocycles. The lowest BCUT2D eigenvalue weighted by atomic mass is 10.1. The number of hydrogen-bond donors (Lipinski definition) is 3. The predicted octanol–water partition coefficient (Wildman–Crippen LogP) is 4.60. The van der Waals surface area contributed by atoms with Gasteiger partial charge in [0.25, 0.3) is 12.4 Å². The van der Waals surface area contributed by atoms with Crippen LogP contribution in [0.5, 0.6) is 5.75 Å². The molecule has 39 heavy (non-hydrogen) atoms. The van der Waals surface area contributed by atoms with Crippen LogP contribution in [0.4, 0.5) is 5.69 Å². The van der Waals surface area contributed by atoms with Crippen LogP contribution in [0.2, 0.25) is 5.02 Å². The Morgan fingerprint density at radius 2 is 1.95 bits per heavy atom. The van der Waals surface area contributed by atoms with Crippen molar-refractivity contribution in [1.82, 2.24) is 4.90 Å². The van der Waals surface area contributed by atoms with Crippen molar-refractivity contribution in [2.24, 2.45) is 0 Å². The van der Waals surface area contributed by atoms with E-state index in [0.717, 1.165) is 40.6 Å². The van der Waals surface area contributed by atoms with Crippen molar-refractivity contribution in [1.29, 1.82) is 0 Å². The minimum atomic E-state index is -3.42. The number of benzene rings is 3. The number of aliphatic hydroxyl groups is 1. The third kappa shape index (κ3) is 9.04. The van der Waals surface area contributed by atoms with Crippen LogP contribution in [-0.2, 0) is 27.8 Å². The zero-order chi connectivity index (χ0) is 28.6. The van der Waals surface area contributed by atoms with Crippen LogP contribution in [-0.4, -0.2) is 61.4 Å². The molecule has 0 unspecified atom stereocenters. The number of hydrogen-bond acceptors (Lipinski definition) is 7. The zero-order valence-corrected chi connectivity index (χ0v) is 24.2. The summed E-state index contributed by atoms with van der Waals surface area (Å²) in [7, 11) is -3.42. The Kier molecular flexibility index (Phi) is 10.9. The van der Waals surface area contributed by atoms with Gasteiger partial charge in [0.2, 0.25) is 0 Å². The smallest absolute Gasteiger partial charge is 0.290 e. The fourth-order valence-corrected chi connectivity index (χ4v) is 5.40. The first-order chi connectivity index (χ1) is 18.5. The van der Waals surface area contributed by atoms with Crippen molar-refractivity contribution < 1.29 is 33.0 Å². The largest absolute Gasteiger partial charge is 0.489 e. The molecule has 12 heteroatoms. The number of nitrogens with one attached hydrogen (secondary N) is 1. The Morgan fingerprint density at radius 1 is 1.21 bits per heavy atom. The number of carbonyl (C=O) groups excluding carboxylic acids is 1. The number of rotatable bonds is 8. The number of aliphatic hydroxyl groups excluding tert-OH is 1. The van der Waals surface area contributed by atoms with Gasteiger partial charge in [-0.05, 0) is 60.5 Å². The number of ether oxygens (including phenoxy) is 1. The first kappa shape index (κ1) is 30.6.